The minimum atomic E-state index is -0.184. The van der Waals surface area contributed by atoms with Crippen molar-refractivity contribution in [2.75, 3.05) is 25.5 Å². The Morgan fingerprint density at radius 2 is 1.89 bits per heavy atom. The molecule has 7 heteroatoms. The number of hydrogen-bond donors (Lipinski definition) is 1. The quantitative estimate of drug-likeness (QED) is 0.411. The van der Waals surface area contributed by atoms with Crippen LogP contribution in [0.4, 0.5) is 5.69 Å². The smallest absolute Gasteiger partial charge is 0.256 e. The van der Waals surface area contributed by atoms with E-state index in [0.717, 1.165) is 48.5 Å². The maximum absolute atomic E-state index is 13.6. The Kier molecular flexibility index (Phi) is 7.74. The van der Waals surface area contributed by atoms with Gasteiger partial charge in [0.2, 0.25) is 5.89 Å². The first-order chi connectivity index (χ1) is 18.4. The van der Waals surface area contributed by atoms with Crippen molar-refractivity contribution in [2.45, 2.75) is 57.9 Å². The fraction of sp³-hybridized carbons (Fsp3) is 0.387. The lowest BCUT2D eigenvalue weighted by Gasteiger charge is -2.35. The molecule has 2 aromatic carbocycles. The van der Waals surface area contributed by atoms with Crippen molar-refractivity contribution in [1.82, 2.24) is 15.0 Å². The van der Waals surface area contributed by atoms with Crippen molar-refractivity contribution >= 4 is 17.2 Å². The van der Waals surface area contributed by atoms with Gasteiger partial charge in [0.1, 0.15) is 5.75 Å². The number of piperidine rings is 1. The second-order valence-corrected chi connectivity index (χ2v) is 10.4. The van der Waals surface area contributed by atoms with E-state index in [1.54, 1.807) is 14.0 Å². The molecule has 38 heavy (non-hydrogen) atoms. The number of allylic oxidation sites excluding steroid dienone is 2. The highest BCUT2D eigenvalue weighted by atomic mass is 16.5. The minimum Gasteiger partial charge on any atom is -0.496 e. The van der Waals surface area contributed by atoms with Gasteiger partial charge in [0.15, 0.2) is 5.82 Å². The molecule has 0 spiro atoms. The van der Waals surface area contributed by atoms with Gasteiger partial charge in [-0.1, -0.05) is 47.6 Å². The number of ether oxygens (including phenoxy) is 1. The van der Waals surface area contributed by atoms with Crippen molar-refractivity contribution in [1.29, 1.82) is 0 Å². The van der Waals surface area contributed by atoms with Gasteiger partial charge in [0.05, 0.1) is 7.11 Å². The van der Waals surface area contributed by atoms with E-state index >= 15 is 0 Å². The molecule has 2 heterocycles. The summed E-state index contributed by atoms with van der Waals surface area (Å²) in [5.74, 6) is 2.15. The number of carbonyl (C=O) groups excluding carboxylic acids is 1. The molecule has 5 rings (SSSR count). The van der Waals surface area contributed by atoms with E-state index in [4.69, 9.17) is 9.26 Å². The summed E-state index contributed by atoms with van der Waals surface area (Å²) in [4.78, 5) is 20.6. The van der Waals surface area contributed by atoms with Crippen molar-refractivity contribution < 1.29 is 14.1 Å². The standard InChI is InChI=1S/C31H36N4O3/c1-20(2)35-16-14-23(15-17-35)27-19-25(11-13-29(27)37-4)33-31(36)26-12-10-24(22-8-6-5-7-9-22)18-28(26)30-32-21(3)38-34-30/h5-13,19-20,23-24H,14-18H2,1-4H3,(H,33,36). The molecule has 2 aliphatic rings. The lowest BCUT2D eigenvalue weighted by molar-refractivity contribution is -0.112. The van der Waals surface area contributed by atoms with Gasteiger partial charge in [-0.3, -0.25) is 4.79 Å². The van der Waals surface area contributed by atoms with Crippen LogP contribution in [-0.4, -0.2) is 47.2 Å². The zero-order chi connectivity index (χ0) is 26.6. The van der Waals surface area contributed by atoms with Crippen molar-refractivity contribution in [3.8, 4) is 5.75 Å². The van der Waals surface area contributed by atoms with Crippen molar-refractivity contribution in [2.24, 2.45) is 0 Å². The summed E-state index contributed by atoms with van der Waals surface area (Å²) >= 11 is 0. The van der Waals surface area contributed by atoms with E-state index in [9.17, 15) is 4.79 Å². The van der Waals surface area contributed by atoms with Crippen molar-refractivity contribution in [3.05, 3.63) is 89.1 Å². The molecule has 1 N–H and O–H groups in total. The number of methoxy groups -OCH3 is 1. The Morgan fingerprint density at radius 1 is 1.13 bits per heavy atom. The van der Waals surface area contributed by atoms with Crippen LogP contribution in [0.25, 0.3) is 5.57 Å². The van der Waals surface area contributed by atoms with Crippen LogP contribution in [0.15, 0.2) is 70.8 Å². The Hall–Kier alpha value is -3.71. The topological polar surface area (TPSA) is 80.5 Å². The monoisotopic (exact) mass is 512 g/mol. The third-order valence-corrected chi connectivity index (χ3v) is 7.70. The predicted octanol–water partition coefficient (Wildman–Crippen LogP) is 6.11. The third-order valence-electron chi connectivity index (χ3n) is 7.70. The first kappa shape index (κ1) is 25.9. The highest BCUT2D eigenvalue weighted by Gasteiger charge is 2.27. The average molecular weight is 513 g/mol. The molecule has 1 aromatic heterocycles. The predicted molar refractivity (Wildman–Crippen MR) is 149 cm³/mol. The molecule has 7 nitrogen and oxygen atoms in total. The molecular weight excluding hydrogens is 476 g/mol. The van der Waals surface area contributed by atoms with E-state index in [2.05, 4.69) is 58.5 Å². The molecule has 1 unspecified atom stereocenters. The van der Waals surface area contributed by atoms with Crippen LogP contribution < -0.4 is 10.1 Å². The second kappa shape index (κ2) is 11.4. The van der Waals surface area contributed by atoms with E-state index in [-0.39, 0.29) is 11.8 Å². The summed E-state index contributed by atoms with van der Waals surface area (Å²) < 4.78 is 11.0. The van der Waals surface area contributed by atoms with E-state index < -0.39 is 0 Å². The fourth-order valence-corrected chi connectivity index (χ4v) is 5.54. The van der Waals surface area contributed by atoms with Crippen LogP contribution in [0.3, 0.4) is 0 Å². The Labute approximate surface area is 224 Å². The van der Waals surface area contributed by atoms with Crippen LogP contribution in [-0.2, 0) is 4.79 Å². The maximum atomic E-state index is 13.6. The van der Waals surface area contributed by atoms with Crippen LogP contribution in [0, 0.1) is 6.92 Å². The number of amides is 1. The SMILES string of the molecule is COc1ccc(NC(=O)C2=C(c3noc(C)n3)CC(c3ccccc3)C=C2)cc1C1CCN(C(C)C)CC1. The number of likely N-dealkylation sites (tertiary alicyclic amines) is 1. The zero-order valence-corrected chi connectivity index (χ0v) is 22.6. The summed E-state index contributed by atoms with van der Waals surface area (Å²) in [6, 6.07) is 16.8. The number of aryl methyl sites for hydroxylation is 1. The molecule has 1 fully saturated rings. The number of carbonyl (C=O) groups is 1. The molecule has 1 aliphatic heterocycles. The molecule has 1 amide bonds. The Morgan fingerprint density at radius 3 is 2.55 bits per heavy atom. The number of nitrogens with zero attached hydrogens (tertiary/aromatic N) is 3. The summed E-state index contributed by atoms with van der Waals surface area (Å²) in [6.45, 7) is 8.38. The van der Waals surface area contributed by atoms with Crippen LogP contribution >= 0.6 is 0 Å². The molecular formula is C31H36N4O3. The average Bonchev–Trinajstić information content (AvgIpc) is 3.39. The van der Waals surface area contributed by atoms with Gasteiger partial charge in [0, 0.05) is 35.7 Å². The number of nitrogens with one attached hydrogen (secondary N) is 1. The molecule has 3 aromatic rings. The summed E-state index contributed by atoms with van der Waals surface area (Å²) in [5, 5.41) is 7.28. The lowest BCUT2D eigenvalue weighted by Crippen LogP contribution is -2.37. The Bertz CT molecular complexity index is 1330. The summed E-state index contributed by atoms with van der Waals surface area (Å²) in [7, 11) is 1.71. The van der Waals surface area contributed by atoms with E-state index in [0.29, 0.717) is 35.7 Å². The molecule has 0 bridgehead atoms. The van der Waals surface area contributed by atoms with E-state index in [1.165, 1.54) is 5.56 Å². The lowest BCUT2D eigenvalue weighted by atomic mass is 9.84. The normalized spacial score (nSPS) is 18.7. The minimum absolute atomic E-state index is 0.130. The molecule has 1 saturated heterocycles. The molecule has 198 valence electrons. The maximum Gasteiger partial charge on any atom is 0.256 e. The van der Waals surface area contributed by atoms with Crippen LogP contribution in [0.2, 0.25) is 0 Å². The van der Waals surface area contributed by atoms with Gasteiger partial charge < -0.3 is 19.5 Å². The first-order valence-corrected chi connectivity index (χ1v) is 13.4. The van der Waals surface area contributed by atoms with Gasteiger partial charge >= 0.3 is 0 Å². The van der Waals surface area contributed by atoms with Gasteiger partial charge in [-0.05, 0) is 81.4 Å². The molecule has 1 aliphatic carbocycles. The van der Waals surface area contributed by atoms with E-state index in [1.807, 2.05) is 36.4 Å². The summed E-state index contributed by atoms with van der Waals surface area (Å²) in [5.41, 5.74) is 4.43. The summed E-state index contributed by atoms with van der Waals surface area (Å²) in [6.07, 6.45) is 6.74. The second-order valence-electron chi connectivity index (χ2n) is 10.4. The molecule has 0 radical (unpaired) electrons. The number of hydrogen-bond acceptors (Lipinski definition) is 6. The number of aromatic nitrogens is 2. The van der Waals surface area contributed by atoms with Gasteiger partial charge in [0.25, 0.3) is 5.91 Å². The molecule has 0 saturated carbocycles. The van der Waals surface area contributed by atoms with Gasteiger partial charge in [-0.25, -0.2) is 0 Å². The fourth-order valence-electron chi connectivity index (χ4n) is 5.54. The number of rotatable bonds is 7. The van der Waals surface area contributed by atoms with Gasteiger partial charge in [-0.2, -0.15) is 4.98 Å². The Balaban J connectivity index is 1.40. The third kappa shape index (κ3) is 5.58. The first-order valence-electron chi connectivity index (χ1n) is 13.4. The van der Waals surface area contributed by atoms with Crippen LogP contribution in [0.1, 0.15) is 67.8 Å². The largest absolute Gasteiger partial charge is 0.496 e. The number of anilines is 1. The highest BCUT2D eigenvalue weighted by molar-refractivity contribution is 6.11. The van der Waals surface area contributed by atoms with Crippen molar-refractivity contribution in [3.63, 3.8) is 0 Å². The van der Waals surface area contributed by atoms with Crippen LogP contribution in [0.5, 0.6) is 5.75 Å². The highest BCUT2D eigenvalue weighted by Crippen LogP contribution is 2.38. The van der Waals surface area contributed by atoms with Gasteiger partial charge in [-0.15, -0.1) is 0 Å². The molecule has 1 atom stereocenters. The number of benzene rings is 2. The zero-order valence-electron chi connectivity index (χ0n) is 22.6.